The second kappa shape index (κ2) is 11.8. The van der Waals surface area contributed by atoms with Crippen LogP contribution >= 0.6 is 0 Å². The van der Waals surface area contributed by atoms with Crippen LogP contribution in [0.2, 0.25) is 0 Å². The second-order valence-electron chi connectivity index (χ2n) is 9.03. The highest BCUT2D eigenvalue weighted by Crippen LogP contribution is 2.44. The van der Waals surface area contributed by atoms with E-state index in [0.717, 1.165) is 40.4 Å². The Labute approximate surface area is 232 Å². The standard InChI is InChI=1S/C32H29N3O5/c1-37-26-17-22(18-27(38-2)31(26)39-3)28-24-13-11-20(10-12-23-9-5-6-15-34-23)16-25(24)29(21-8-7-14-33-19-21)35-30(28)32(36)40-4/h5-9,11,13-19H,10,12H2,1-4H3. The minimum absolute atomic E-state index is 0.171. The van der Waals surface area contributed by atoms with Crippen LogP contribution in [-0.4, -0.2) is 49.4 Å². The topological polar surface area (TPSA) is 92.7 Å². The summed E-state index contributed by atoms with van der Waals surface area (Å²) in [4.78, 5) is 26.8. The van der Waals surface area contributed by atoms with Crippen LogP contribution in [0, 0.1) is 0 Å². The molecule has 8 nitrogen and oxygen atoms in total. The number of nitrogens with zero attached hydrogens (tertiary/aromatic N) is 3. The fraction of sp³-hybridized carbons (Fsp3) is 0.188. The van der Waals surface area contributed by atoms with Crippen molar-refractivity contribution in [3.8, 4) is 39.6 Å². The number of hydrogen-bond donors (Lipinski definition) is 0. The minimum Gasteiger partial charge on any atom is -0.493 e. The van der Waals surface area contributed by atoms with Gasteiger partial charge in [-0.15, -0.1) is 0 Å². The molecular weight excluding hydrogens is 506 g/mol. The van der Waals surface area contributed by atoms with Gasteiger partial charge in [-0.1, -0.05) is 18.2 Å². The van der Waals surface area contributed by atoms with E-state index >= 15 is 0 Å². The molecule has 5 aromatic rings. The highest BCUT2D eigenvalue weighted by Gasteiger charge is 2.25. The normalized spacial score (nSPS) is 10.8. The second-order valence-corrected chi connectivity index (χ2v) is 9.03. The monoisotopic (exact) mass is 535 g/mol. The molecule has 202 valence electrons. The Balaban J connectivity index is 1.78. The number of fused-ring (bicyclic) bond motifs is 1. The first kappa shape index (κ1) is 26.6. The first-order chi connectivity index (χ1) is 19.6. The van der Waals surface area contributed by atoms with Gasteiger partial charge in [-0.25, -0.2) is 9.78 Å². The predicted molar refractivity (Wildman–Crippen MR) is 153 cm³/mol. The number of aryl methyl sites for hydroxylation is 2. The molecule has 0 atom stereocenters. The third-order valence-electron chi connectivity index (χ3n) is 6.73. The molecule has 0 fully saturated rings. The van der Waals surface area contributed by atoms with E-state index in [4.69, 9.17) is 23.9 Å². The fourth-order valence-electron chi connectivity index (χ4n) is 4.82. The summed E-state index contributed by atoms with van der Waals surface area (Å²) in [7, 11) is 6.00. The van der Waals surface area contributed by atoms with Gasteiger partial charge in [-0.05, 0) is 71.8 Å². The highest BCUT2D eigenvalue weighted by atomic mass is 16.5. The lowest BCUT2D eigenvalue weighted by Gasteiger charge is -2.19. The maximum Gasteiger partial charge on any atom is 0.357 e. The summed E-state index contributed by atoms with van der Waals surface area (Å²) in [6.45, 7) is 0. The first-order valence-corrected chi connectivity index (χ1v) is 12.7. The average Bonchev–Trinajstić information content (AvgIpc) is 3.02. The molecule has 0 bridgehead atoms. The van der Waals surface area contributed by atoms with Gasteiger partial charge in [0.15, 0.2) is 17.2 Å². The summed E-state index contributed by atoms with van der Waals surface area (Å²) in [5.41, 5.74) is 5.01. The van der Waals surface area contributed by atoms with Crippen LogP contribution in [0.5, 0.6) is 17.2 Å². The number of hydrogen-bond acceptors (Lipinski definition) is 8. The van der Waals surface area contributed by atoms with Crippen LogP contribution in [-0.2, 0) is 17.6 Å². The van der Waals surface area contributed by atoms with Gasteiger partial charge < -0.3 is 18.9 Å². The Kier molecular flexibility index (Phi) is 7.87. The summed E-state index contributed by atoms with van der Waals surface area (Å²) < 4.78 is 21.9. The largest absolute Gasteiger partial charge is 0.493 e. The van der Waals surface area contributed by atoms with Gasteiger partial charge in [0.2, 0.25) is 5.75 Å². The predicted octanol–water partition coefficient (Wildman–Crippen LogP) is 5.96. The van der Waals surface area contributed by atoms with Crippen LogP contribution in [0.3, 0.4) is 0 Å². The van der Waals surface area contributed by atoms with Crippen LogP contribution in [0.1, 0.15) is 21.7 Å². The summed E-state index contributed by atoms with van der Waals surface area (Å²) in [6, 6.07) is 19.5. The molecule has 0 saturated heterocycles. The maximum atomic E-state index is 13.2. The van der Waals surface area contributed by atoms with E-state index in [1.54, 1.807) is 39.9 Å². The van der Waals surface area contributed by atoms with Crippen molar-refractivity contribution in [1.29, 1.82) is 0 Å². The number of benzene rings is 2. The lowest BCUT2D eigenvalue weighted by atomic mass is 9.92. The first-order valence-electron chi connectivity index (χ1n) is 12.7. The Morgan fingerprint density at radius 3 is 2.20 bits per heavy atom. The number of rotatable bonds is 9. The average molecular weight is 536 g/mol. The molecule has 5 rings (SSSR count). The van der Waals surface area contributed by atoms with Gasteiger partial charge in [0.25, 0.3) is 0 Å². The molecule has 0 aliphatic carbocycles. The van der Waals surface area contributed by atoms with Gasteiger partial charge >= 0.3 is 5.97 Å². The number of methoxy groups -OCH3 is 4. The zero-order valence-corrected chi connectivity index (χ0v) is 22.8. The zero-order valence-electron chi connectivity index (χ0n) is 22.8. The van der Waals surface area contributed by atoms with E-state index in [2.05, 4.69) is 22.1 Å². The van der Waals surface area contributed by atoms with Gasteiger partial charge in [-0.3, -0.25) is 9.97 Å². The molecule has 0 aliphatic rings. The van der Waals surface area contributed by atoms with Gasteiger partial charge in [0.05, 0.1) is 34.1 Å². The molecule has 3 heterocycles. The van der Waals surface area contributed by atoms with Crippen molar-refractivity contribution < 1.29 is 23.7 Å². The molecule has 8 heteroatoms. The Hall–Kier alpha value is -4.98. The highest BCUT2D eigenvalue weighted by molar-refractivity contribution is 6.11. The number of pyridine rings is 3. The smallest absolute Gasteiger partial charge is 0.357 e. The summed E-state index contributed by atoms with van der Waals surface area (Å²) in [5.74, 6) is 0.817. The van der Waals surface area contributed by atoms with Gasteiger partial charge in [-0.2, -0.15) is 0 Å². The fourth-order valence-corrected chi connectivity index (χ4v) is 4.82. The molecule has 0 N–H and O–H groups in total. The van der Waals surface area contributed by atoms with Gasteiger partial charge in [0.1, 0.15) is 0 Å². The van der Waals surface area contributed by atoms with Crippen molar-refractivity contribution in [2.45, 2.75) is 12.8 Å². The van der Waals surface area contributed by atoms with Crippen LogP contribution in [0.4, 0.5) is 0 Å². The third kappa shape index (κ3) is 5.16. The van der Waals surface area contributed by atoms with Crippen LogP contribution < -0.4 is 14.2 Å². The Bertz CT molecular complexity index is 1630. The van der Waals surface area contributed by atoms with Crippen molar-refractivity contribution in [2.75, 3.05) is 28.4 Å². The quantitative estimate of drug-likeness (QED) is 0.214. The Morgan fingerprint density at radius 2 is 1.57 bits per heavy atom. The third-order valence-corrected chi connectivity index (χ3v) is 6.73. The van der Waals surface area contributed by atoms with E-state index in [1.807, 2.05) is 48.5 Å². The molecule has 0 amide bonds. The van der Waals surface area contributed by atoms with Crippen molar-refractivity contribution in [3.05, 3.63) is 96.2 Å². The van der Waals surface area contributed by atoms with Crippen LogP contribution in [0.25, 0.3) is 33.2 Å². The van der Waals surface area contributed by atoms with E-state index in [1.165, 1.54) is 7.11 Å². The van der Waals surface area contributed by atoms with Crippen molar-refractivity contribution in [1.82, 2.24) is 15.0 Å². The van der Waals surface area contributed by atoms with Gasteiger partial charge in [0, 0.05) is 40.8 Å². The Morgan fingerprint density at radius 1 is 0.775 bits per heavy atom. The molecule has 0 radical (unpaired) electrons. The molecule has 0 unspecified atom stereocenters. The lowest BCUT2D eigenvalue weighted by molar-refractivity contribution is 0.0595. The van der Waals surface area contributed by atoms with Crippen molar-refractivity contribution in [3.63, 3.8) is 0 Å². The zero-order chi connectivity index (χ0) is 28.1. The number of esters is 1. The molecular formula is C32H29N3O5. The number of ether oxygens (including phenoxy) is 4. The summed E-state index contributed by atoms with van der Waals surface area (Å²) in [5, 5.41) is 1.70. The summed E-state index contributed by atoms with van der Waals surface area (Å²) in [6.07, 6.45) is 6.83. The summed E-state index contributed by atoms with van der Waals surface area (Å²) >= 11 is 0. The number of aromatic nitrogens is 3. The SMILES string of the molecule is COC(=O)c1nc(-c2cccnc2)c2cc(CCc3ccccn3)ccc2c1-c1cc(OC)c(OC)c(OC)c1. The molecule has 0 aliphatic heterocycles. The maximum absolute atomic E-state index is 13.2. The van der Waals surface area contributed by atoms with Crippen LogP contribution in [0.15, 0.2) is 79.3 Å². The lowest BCUT2D eigenvalue weighted by Crippen LogP contribution is -2.09. The number of carbonyl (C=O) groups is 1. The van der Waals surface area contributed by atoms with E-state index in [0.29, 0.717) is 34.1 Å². The van der Waals surface area contributed by atoms with E-state index in [9.17, 15) is 4.79 Å². The molecule has 2 aromatic carbocycles. The molecule has 0 saturated carbocycles. The molecule has 0 spiro atoms. The minimum atomic E-state index is -0.560. The van der Waals surface area contributed by atoms with E-state index < -0.39 is 5.97 Å². The molecule has 3 aromatic heterocycles. The van der Waals surface area contributed by atoms with Crippen molar-refractivity contribution in [2.24, 2.45) is 0 Å². The number of carbonyl (C=O) groups excluding carboxylic acids is 1. The van der Waals surface area contributed by atoms with E-state index in [-0.39, 0.29) is 5.69 Å². The molecule has 40 heavy (non-hydrogen) atoms. The van der Waals surface area contributed by atoms with Crippen molar-refractivity contribution >= 4 is 16.7 Å².